The number of rotatable bonds is 2. The smallest absolute Gasteiger partial charge is 0.366 e. The molecule has 0 aliphatic heterocycles. The average molecular weight is 406 g/mol. The quantitative estimate of drug-likeness (QED) is 0.441. The highest BCUT2D eigenvalue weighted by Crippen LogP contribution is 2.32. The molecule has 0 atom stereocenters. The van der Waals surface area contributed by atoms with Gasteiger partial charge in [-0.2, -0.15) is 4.73 Å². The Hall–Kier alpha value is -2.40. The van der Waals surface area contributed by atoms with Gasteiger partial charge in [0.15, 0.2) is 0 Å². The van der Waals surface area contributed by atoms with E-state index >= 15 is 0 Å². The summed E-state index contributed by atoms with van der Waals surface area (Å²) >= 11 is 18.2. The van der Waals surface area contributed by atoms with E-state index in [4.69, 9.17) is 45.4 Å². The molecule has 0 spiro atoms. The van der Waals surface area contributed by atoms with E-state index in [-0.39, 0.29) is 15.6 Å². The number of halogens is 3. The summed E-state index contributed by atoms with van der Waals surface area (Å²) in [6.45, 7) is 0. The lowest BCUT2D eigenvalue weighted by Gasteiger charge is -2.10. The van der Waals surface area contributed by atoms with Gasteiger partial charge in [-0.05, 0) is 36.4 Å². The van der Waals surface area contributed by atoms with Crippen LogP contribution in [0.3, 0.4) is 0 Å². The Morgan fingerprint density at radius 2 is 1.54 bits per heavy atom. The lowest BCUT2D eigenvalue weighted by molar-refractivity contribution is 0.0501. The van der Waals surface area contributed by atoms with Gasteiger partial charge in [-0.1, -0.05) is 53.0 Å². The van der Waals surface area contributed by atoms with E-state index in [2.05, 4.69) is 0 Å². The van der Waals surface area contributed by atoms with E-state index in [1.54, 1.807) is 12.1 Å². The molecule has 7 heteroatoms. The summed E-state index contributed by atoms with van der Waals surface area (Å²) in [5, 5.41) is 2.37. The van der Waals surface area contributed by atoms with Crippen LogP contribution < -0.4 is 10.6 Å². The molecule has 130 valence electrons. The first-order valence-electron chi connectivity index (χ1n) is 7.61. The third-order valence-corrected chi connectivity index (χ3v) is 4.85. The molecule has 3 aromatic carbocycles. The Balaban J connectivity index is 1.88. The lowest BCUT2D eigenvalue weighted by Crippen LogP contribution is -2.20. The summed E-state index contributed by atoms with van der Waals surface area (Å²) < 4.78 is 1.45. The van der Waals surface area contributed by atoms with Crippen LogP contribution in [0.25, 0.3) is 21.8 Å². The van der Waals surface area contributed by atoms with Crippen molar-refractivity contribution in [1.29, 1.82) is 0 Å². The fourth-order valence-electron chi connectivity index (χ4n) is 2.92. The number of carbonyl (C=O) groups is 1. The van der Waals surface area contributed by atoms with E-state index in [1.165, 1.54) is 16.9 Å². The Labute approximate surface area is 163 Å². The third kappa shape index (κ3) is 2.76. The van der Waals surface area contributed by atoms with Crippen LogP contribution in [0.5, 0.6) is 0 Å². The van der Waals surface area contributed by atoms with Gasteiger partial charge in [-0.3, -0.25) is 0 Å². The number of nitrogens with zero attached hydrogens (tertiary/aromatic N) is 1. The number of nitrogen functional groups attached to an aromatic ring is 1. The number of aromatic nitrogens is 1. The minimum atomic E-state index is -0.684. The predicted octanol–water partition coefficient (Wildman–Crippen LogP) is 5.61. The highest BCUT2D eigenvalue weighted by atomic mass is 35.5. The molecule has 0 aliphatic rings. The van der Waals surface area contributed by atoms with Crippen molar-refractivity contribution in [3.63, 3.8) is 0 Å². The van der Waals surface area contributed by atoms with E-state index in [9.17, 15) is 4.79 Å². The Morgan fingerprint density at radius 3 is 2.27 bits per heavy atom. The van der Waals surface area contributed by atoms with Crippen LogP contribution in [-0.2, 0) is 0 Å². The fourth-order valence-corrected chi connectivity index (χ4v) is 3.89. The van der Waals surface area contributed by atoms with Gasteiger partial charge >= 0.3 is 5.97 Å². The molecule has 4 aromatic rings. The highest BCUT2D eigenvalue weighted by Gasteiger charge is 2.21. The fraction of sp³-hybridized carbons (Fsp3) is 0. The number of anilines is 1. The Kier molecular flexibility index (Phi) is 4.19. The molecule has 4 rings (SSSR count). The maximum Gasteiger partial charge on any atom is 0.366 e. The van der Waals surface area contributed by atoms with Crippen molar-refractivity contribution in [3.8, 4) is 0 Å². The SMILES string of the molecule is Nc1ccc2c(c1)c1ccccc1n2OC(=O)c1c(Cl)cc(Cl)cc1Cl. The molecule has 26 heavy (non-hydrogen) atoms. The van der Waals surface area contributed by atoms with Crippen molar-refractivity contribution >= 4 is 68.3 Å². The third-order valence-electron chi connectivity index (χ3n) is 4.04. The first-order valence-corrected chi connectivity index (χ1v) is 8.75. The molecule has 0 aliphatic carbocycles. The number of para-hydroxylation sites is 1. The van der Waals surface area contributed by atoms with Crippen molar-refractivity contribution in [2.75, 3.05) is 5.73 Å². The Morgan fingerprint density at radius 1 is 0.885 bits per heavy atom. The maximum atomic E-state index is 12.7. The van der Waals surface area contributed by atoms with E-state index < -0.39 is 5.97 Å². The van der Waals surface area contributed by atoms with Crippen molar-refractivity contribution in [2.45, 2.75) is 0 Å². The van der Waals surface area contributed by atoms with Crippen LogP contribution in [0.1, 0.15) is 10.4 Å². The highest BCUT2D eigenvalue weighted by molar-refractivity contribution is 6.41. The summed E-state index contributed by atoms with van der Waals surface area (Å²) in [7, 11) is 0. The molecule has 0 bridgehead atoms. The number of hydrogen-bond acceptors (Lipinski definition) is 3. The van der Waals surface area contributed by atoms with Crippen molar-refractivity contribution in [3.05, 3.63) is 75.2 Å². The number of fused-ring (bicyclic) bond motifs is 3. The topological polar surface area (TPSA) is 57.2 Å². The van der Waals surface area contributed by atoms with Gasteiger partial charge in [0.05, 0.1) is 26.6 Å². The van der Waals surface area contributed by atoms with Crippen LogP contribution in [0.2, 0.25) is 15.1 Å². The molecule has 0 amide bonds. The zero-order valence-electron chi connectivity index (χ0n) is 13.2. The summed E-state index contributed by atoms with van der Waals surface area (Å²) in [6.07, 6.45) is 0. The number of hydrogen-bond donors (Lipinski definition) is 1. The van der Waals surface area contributed by atoms with E-state index in [0.717, 1.165) is 16.3 Å². The largest absolute Gasteiger partial charge is 0.399 e. The average Bonchev–Trinajstić information content (AvgIpc) is 2.88. The van der Waals surface area contributed by atoms with Gasteiger partial charge < -0.3 is 10.6 Å². The molecule has 0 saturated heterocycles. The summed E-state index contributed by atoms with van der Waals surface area (Å²) in [6, 6.07) is 15.8. The lowest BCUT2D eigenvalue weighted by atomic mass is 10.1. The van der Waals surface area contributed by atoms with Crippen LogP contribution in [0.4, 0.5) is 5.69 Å². The molecular weight excluding hydrogens is 395 g/mol. The molecule has 2 N–H and O–H groups in total. The molecule has 0 radical (unpaired) electrons. The van der Waals surface area contributed by atoms with Gasteiger partial charge in [0.2, 0.25) is 0 Å². The van der Waals surface area contributed by atoms with Crippen LogP contribution in [0.15, 0.2) is 54.6 Å². The van der Waals surface area contributed by atoms with Gasteiger partial charge in [0.25, 0.3) is 0 Å². The second-order valence-corrected chi connectivity index (χ2v) is 6.96. The zero-order chi connectivity index (χ0) is 18.4. The van der Waals surface area contributed by atoms with Crippen LogP contribution in [-0.4, -0.2) is 10.7 Å². The zero-order valence-corrected chi connectivity index (χ0v) is 15.4. The normalized spacial score (nSPS) is 11.2. The van der Waals surface area contributed by atoms with Crippen LogP contribution in [0, 0.1) is 0 Å². The van der Waals surface area contributed by atoms with Crippen molar-refractivity contribution in [2.24, 2.45) is 0 Å². The standard InChI is InChI=1S/C19H11Cl3N2O2/c20-10-7-14(21)18(15(22)8-10)19(25)26-24-16-4-2-1-3-12(16)13-9-11(23)5-6-17(13)24/h1-9H,23H2. The Bertz CT molecular complexity index is 1160. The number of carbonyl (C=O) groups excluding carboxylic acids is 1. The second-order valence-electron chi connectivity index (χ2n) is 5.71. The molecule has 0 fully saturated rings. The maximum absolute atomic E-state index is 12.7. The first kappa shape index (κ1) is 17.0. The molecule has 0 saturated carbocycles. The van der Waals surface area contributed by atoms with Gasteiger partial charge in [-0.25, -0.2) is 4.79 Å². The molecule has 4 nitrogen and oxygen atoms in total. The van der Waals surface area contributed by atoms with Crippen molar-refractivity contribution < 1.29 is 9.63 Å². The van der Waals surface area contributed by atoms with E-state index in [1.807, 2.05) is 30.3 Å². The monoisotopic (exact) mass is 404 g/mol. The van der Waals surface area contributed by atoms with Gasteiger partial charge in [0.1, 0.15) is 0 Å². The summed E-state index contributed by atoms with van der Waals surface area (Å²) in [4.78, 5) is 18.4. The van der Waals surface area contributed by atoms with Gasteiger partial charge in [-0.15, -0.1) is 0 Å². The molecule has 1 aromatic heterocycles. The molecule has 0 unspecified atom stereocenters. The minimum absolute atomic E-state index is 0.0547. The number of nitrogens with two attached hydrogens (primary N) is 1. The van der Waals surface area contributed by atoms with Crippen LogP contribution >= 0.6 is 34.8 Å². The summed E-state index contributed by atoms with van der Waals surface area (Å²) in [5.41, 5.74) is 8.01. The number of benzene rings is 3. The van der Waals surface area contributed by atoms with E-state index in [0.29, 0.717) is 16.2 Å². The first-order chi connectivity index (χ1) is 12.5. The van der Waals surface area contributed by atoms with Gasteiger partial charge in [0, 0.05) is 21.5 Å². The molecule has 1 heterocycles. The predicted molar refractivity (Wildman–Crippen MR) is 106 cm³/mol. The minimum Gasteiger partial charge on any atom is -0.399 e. The molecular formula is C19H11Cl3N2O2. The second kappa shape index (κ2) is 6.40. The van der Waals surface area contributed by atoms with Crippen molar-refractivity contribution in [1.82, 2.24) is 4.73 Å². The summed E-state index contributed by atoms with van der Waals surface area (Å²) in [5.74, 6) is -0.684.